The summed E-state index contributed by atoms with van der Waals surface area (Å²) < 4.78 is 2.09. The topological polar surface area (TPSA) is 70.7 Å². The lowest BCUT2D eigenvalue weighted by Crippen LogP contribution is -2.13. The summed E-state index contributed by atoms with van der Waals surface area (Å²) in [5.41, 5.74) is 5.04. The summed E-state index contributed by atoms with van der Waals surface area (Å²) in [7, 11) is 0. The SMILES string of the molecule is Cc1cc(/C=C(/C#N)C(=O)Nc2ccc(Cl)c(Cl)c2)c(C)n1-c1ccc2ncccc2c1. The molecule has 2 heterocycles. The van der Waals surface area contributed by atoms with E-state index in [1.807, 2.05) is 50.2 Å². The number of aromatic nitrogens is 2. The summed E-state index contributed by atoms with van der Waals surface area (Å²) >= 11 is 11.9. The molecule has 0 saturated heterocycles. The molecule has 158 valence electrons. The Hall–Kier alpha value is -3.59. The van der Waals surface area contributed by atoms with Crippen LogP contribution >= 0.6 is 23.2 Å². The van der Waals surface area contributed by atoms with Gasteiger partial charge in [0.2, 0.25) is 0 Å². The van der Waals surface area contributed by atoms with Crippen molar-refractivity contribution in [1.29, 1.82) is 5.26 Å². The zero-order valence-corrected chi connectivity index (χ0v) is 18.9. The number of aryl methyl sites for hydroxylation is 1. The Bertz CT molecular complexity index is 1430. The number of anilines is 1. The van der Waals surface area contributed by atoms with Crippen LogP contribution in [-0.2, 0) is 4.79 Å². The second kappa shape index (κ2) is 8.88. The van der Waals surface area contributed by atoms with Crippen molar-refractivity contribution in [3.63, 3.8) is 0 Å². The van der Waals surface area contributed by atoms with E-state index in [9.17, 15) is 10.1 Å². The fourth-order valence-corrected chi connectivity index (χ4v) is 3.91. The molecule has 0 unspecified atom stereocenters. The number of nitriles is 1. The molecule has 4 aromatic rings. The molecule has 0 fully saturated rings. The molecule has 1 N–H and O–H groups in total. The van der Waals surface area contributed by atoms with E-state index in [0.717, 1.165) is 33.5 Å². The first-order valence-electron chi connectivity index (χ1n) is 9.79. The van der Waals surface area contributed by atoms with Gasteiger partial charge >= 0.3 is 0 Å². The first-order chi connectivity index (χ1) is 15.4. The van der Waals surface area contributed by atoms with Crippen molar-refractivity contribution in [2.75, 3.05) is 5.32 Å². The molecule has 0 atom stereocenters. The Morgan fingerprint density at radius 2 is 1.91 bits per heavy atom. The lowest BCUT2D eigenvalue weighted by Gasteiger charge is -2.11. The molecule has 0 radical (unpaired) electrons. The number of rotatable bonds is 4. The summed E-state index contributed by atoms with van der Waals surface area (Å²) in [6.45, 7) is 3.94. The van der Waals surface area contributed by atoms with Crippen LogP contribution in [-0.4, -0.2) is 15.5 Å². The van der Waals surface area contributed by atoms with Crippen molar-refractivity contribution < 1.29 is 4.79 Å². The number of nitrogens with one attached hydrogen (secondary N) is 1. The molecule has 2 aromatic heterocycles. The van der Waals surface area contributed by atoms with Crippen LogP contribution < -0.4 is 5.32 Å². The van der Waals surface area contributed by atoms with Crippen molar-refractivity contribution >= 4 is 51.8 Å². The van der Waals surface area contributed by atoms with Gasteiger partial charge in [-0.3, -0.25) is 9.78 Å². The van der Waals surface area contributed by atoms with Gasteiger partial charge in [-0.1, -0.05) is 29.3 Å². The second-order valence-electron chi connectivity index (χ2n) is 7.30. The Morgan fingerprint density at radius 3 is 2.66 bits per heavy atom. The predicted octanol–water partition coefficient (Wildman–Crippen LogP) is 6.49. The van der Waals surface area contributed by atoms with E-state index in [-0.39, 0.29) is 5.57 Å². The van der Waals surface area contributed by atoms with E-state index >= 15 is 0 Å². The number of pyridine rings is 1. The highest BCUT2D eigenvalue weighted by Crippen LogP contribution is 2.27. The van der Waals surface area contributed by atoms with E-state index in [1.165, 1.54) is 6.07 Å². The first-order valence-corrected chi connectivity index (χ1v) is 10.6. The number of nitrogens with zero attached hydrogens (tertiary/aromatic N) is 3. The van der Waals surface area contributed by atoms with Gasteiger partial charge in [0, 0.05) is 34.3 Å². The minimum absolute atomic E-state index is 0.0148. The number of benzene rings is 2. The maximum absolute atomic E-state index is 12.7. The third-order valence-electron chi connectivity index (χ3n) is 5.16. The van der Waals surface area contributed by atoms with Gasteiger partial charge < -0.3 is 9.88 Å². The highest BCUT2D eigenvalue weighted by Gasteiger charge is 2.15. The Morgan fingerprint density at radius 1 is 1.09 bits per heavy atom. The highest BCUT2D eigenvalue weighted by atomic mass is 35.5. The number of hydrogen-bond acceptors (Lipinski definition) is 3. The minimum atomic E-state index is -0.521. The van der Waals surface area contributed by atoms with E-state index in [2.05, 4.69) is 20.9 Å². The molecule has 0 aliphatic carbocycles. The molecule has 0 aliphatic rings. The predicted molar refractivity (Wildman–Crippen MR) is 129 cm³/mol. The molecule has 5 nitrogen and oxygen atoms in total. The van der Waals surface area contributed by atoms with Gasteiger partial charge in [0.1, 0.15) is 11.6 Å². The number of amides is 1. The third kappa shape index (κ3) is 4.24. The lowest BCUT2D eigenvalue weighted by molar-refractivity contribution is -0.112. The number of carbonyl (C=O) groups is 1. The molecule has 2 aromatic carbocycles. The van der Waals surface area contributed by atoms with Crippen molar-refractivity contribution in [3.8, 4) is 11.8 Å². The van der Waals surface area contributed by atoms with Crippen LogP contribution in [0.1, 0.15) is 17.0 Å². The van der Waals surface area contributed by atoms with Gasteiger partial charge in [0.05, 0.1) is 15.6 Å². The van der Waals surface area contributed by atoms with Crippen molar-refractivity contribution in [1.82, 2.24) is 9.55 Å². The Balaban J connectivity index is 1.67. The number of carbonyl (C=O) groups excluding carboxylic acids is 1. The molecule has 7 heteroatoms. The molecule has 1 amide bonds. The minimum Gasteiger partial charge on any atom is -0.321 e. The zero-order valence-electron chi connectivity index (χ0n) is 17.4. The van der Waals surface area contributed by atoms with Gasteiger partial charge in [-0.2, -0.15) is 5.26 Å². The van der Waals surface area contributed by atoms with Crippen LogP contribution in [0.15, 0.2) is 66.4 Å². The maximum atomic E-state index is 12.7. The van der Waals surface area contributed by atoms with Crippen LogP contribution in [0.2, 0.25) is 10.0 Å². The van der Waals surface area contributed by atoms with Crippen LogP contribution in [0.5, 0.6) is 0 Å². The van der Waals surface area contributed by atoms with Gasteiger partial charge in [0.25, 0.3) is 5.91 Å². The van der Waals surface area contributed by atoms with Gasteiger partial charge in [-0.05, 0) is 74.0 Å². The summed E-state index contributed by atoms with van der Waals surface area (Å²) in [6, 6.07) is 18.7. The van der Waals surface area contributed by atoms with Gasteiger partial charge in [0.15, 0.2) is 0 Å². The van der Waals surface area contributed by atoms with E-state index in [0.29, 0.717) is 15.7 Å². The maximum Gasteiger partial charge on any atom is 0.266 e. The molecule has 0 bridgehead atoms. The molecular formula is C25H18Cl2N4O. The largest absolute Gasteiger partial charge is 0.321 e. The monoisotopic (exact) mass is 460 g/mol. The highest BCUT2D eigenvalue weighted by molar-refractivity contribution is 6.42. The van der Waals surface area contributed by atoms with Crippen LogP contribution in [0, 0.1) is 25.2 Å². The fourth-order valence-electron chi connectivity index (χ4n) is 3.61. The zero-order chi connectivity index (χ0) is 22.8. The summed E-state index contributed by atoms with van der Waals surface area (Å²) in [5.74, 6) is -0.521. The quantitative estimate of drug-likeness (QED) is 0.279. The molecule has 0 spiro atoms. The van der Waals surface area contributed by atoms with E-state index in [4.69, 9.17) is 23.2 Å². The fraction of sp³-hybridized carbons (Fsp3) is 0.0800. The Kier molecular flexibility index (Phi) is 6.00. The van der Waals surface area contributed by atoms with Crippen molar-refractivity contribution in [2.24, 2.45) is 0 Å². The van der Waals surface area contributed by atoms with Crippen molar-refractivity contribution in [3.05, 3.63) is 93.4 Å². The average molecular weight is 461 g/mol. The van der Waals surface area contributed by atoms with Crippen LogP contribution in [0.4, 0.5) is 5.69 Å². The van der Waals surface area contributed by atoms with E-state index in [1.54, 1.807) is 24.4 Å². The number of hydrogen-bond donors (Lipinski definition) is 1. The second-order valence-corrected chi connectivity index (χ2v) is 8.11. The van der Waals surface area contributed by atoms with Gasteiger partial charge in [-0.25, -0.2) is 0 Å². The Labute approximate surface area is 195 Å². The molecule has 32 heavy (non-hydrogen) atoms. The number of fused-ring (bicyclic) bond motifs is 1. The summed E-state index contributed by atoms with van der Waals surface area (Å²) in [4.78, 5) is 17.0. The molecular weight excluding hydrogens is 443 g/mol. The van der Waals surface area contributed by atoms with Crippen LogP contribution in [0.3, 0.4) is 0 Å². The number of halogens is 2. The summed E-state index contributed by atoms with van der Waals surface area (Å²) in [6.07, 6.45) is 3.36. The molecule has 4 rings (SSSR count). The lowest BCUT2D eigenvalue weighted by atomic mass is 10.1. The van der Waals surface area contributed by atoms with Gasteiger partial charge in [-0.15, -0.1) is 0 Å². The first kappa shape index (κ1) is 21.6. The van der Waals surface area contributed by atoms with Crippen LogP contribution in [0.25, 0.3) is 22.7 Å². The molecule has 0 aliphatic heterocycles. The summed E-state index contributed by atoms with van der Waals surface area (Å²) in [5, 5.41) is 14.0. The van der Waals surface area contributed by atoms with Crippen molar-refractivity contribution in [2.45, 2.75) is 13.8 Å². The average Bonchev–Trinajstić information content (AvgIpc) is 3.06. The third-order valence-corrected chi connectivity index (χ3v) is 5.90. The van der Waals surface area contributed by atoms with E-state index < -0.39 is 5.91 Å². The normalized spacial score (nSPS) is 11.4. The smallest absolute Gasteiger partial charge is 0.266 e. The molecule has 0 saturated carbocycles. The standard InChI is InChI=1S/C25H18Cl2N4O/c1-15-10-18(11-19(14-28)25(32)30-20-5-7-22(26)23(27)13-20)16(2)31(15)21-6-8-24-17(12-21)4-3-9-29-24/h3-13H,1-2H3,(H,30,32)/b19-11-.